The van der Waals surface area contributed by atoms with Crippen molar-refractivity contribution in [2.75, 3.05) is 11.4 Å². The molecule has 1 saturated heterocycles. The van der Waals surface area contributed by atoms with Gasteiger partial charge in [0.2, 0.25) is 5.91 Å². The molecule has 206 valence electrons. The van der Waals surface area contributed by atoms with Gasteiger partial charge in [-0.15, -0.1) is 0 Å². The summed E-state index contributed by atoms with van der Waals surface area (Å²) >= 11 is 0. The van der Waals surface area contributed by atoms with Crippen LogP contribution in [0.25, 0.3) is 22.0 Å². The van der Waals surface area contributed by atoms with Crippen LogP contribution in [0.4, 0.5) is 5.69 Å². The number of carbonyl (C=O) groups is 2. The summed E-state index contributed by atoms with van der Waals surface area (Å²) in [6.07, 6.45) is 4.14. The van der Waals surface area contributed by atoms with E-state index < -0.39 is 6.04 Å². The topological polar surface area (TPSA) is 74.3 Å². The highest BCUT2D eigenvalue weighted by atomic mass is 16.2. The zero-order chi connectivity index (χ0) is 28.1. The normalized spacial score (nSPS) is 17.6. The number of aromatic nitrogens is 1. The number of anilines is 1. The molecular weight excluding hydrogens is 496 g/mol. The summed E-state index contributed by atoms with van der Waals surface area (Å²) in [5, 5.41) is 8.43. The lowest BCUT2D eigenvalue weighted by Crippen LogP contribution is -2.53. The molecule has 3 aromatic carbocycles. The first kappa shape index (κ1) is 27.4. The number of hydrogen-bond donors (Lipinski definition) is 2. The quantitative estimate of drug-likeness (QED) is 0.267. The fraction of sp³-hybridized carbons (Fsp3) is 0.324. The van der Waals surface area contributed by atoms with E-state index in [0.717, 1.165) is 47.1 Å². The Kier molecular flexibility index (Phi) is 8.44. The molecule has 4 aromatic rings. The van der Waals surface area contributed by atoms with E-state index in [1.165, 1.54) is 0 Å². The smallest absolute Gasteiger partial charge is 0.251 e. The monoisotopic (exact) mass is 534 g/mol. The molecule has 3 atom stereocenters. The van der Waals surface area contributed by atoms with E-state index in [1.807, 2.05) is 66.9 Å². The average Bonchev–Trinajstić information content (AvgIpc) is 3.39. The fourth-order valence-electron chi connectivity index (χ4n) is 5.78. The minimum atomic E-state index is -0.599. The molecule has 6 heteroatoms. The van der Waals surface area contributed by atoms with E-state index in [9.17, 15) is 9.59 Å². The maximum Gasteiger partial charge on any atom is 0.251 e. The number of hydrogen-bond acceptors (Lipinski definition) is 4. The van der Waals surface area contributed by atoms with Crippen molar-refractivity contribution in [2.24, 2.45) is 5.92 Å². The van der Waals surface area contributed by atoms with Crippen LogP contribution in [0.15, 0.2) is 91.1 Å². The summed E-state index contributed by atoms with van der Waals surface area (Å²) in [4.78, 5) is 33.7. The molecule has 0 aliphatic carbocycles. The van der Waals surface area contributed by atoms with Gasteiger partial charge in [-0.3, -0.25) is 14.6 Å². The van der Waals surface area contributed by atoms with Gasteiger partial charge in [0.1, 0.15) is 6.04 Å². The number of fused-ring (bicyclic) bond motifs is 1. The van der Waals surface area contributed by atoms with Crippen molar-refractivity contribution in [3.8, 4) is 11.3 Å². The van der Waals surface area contributed by atoms with Crippen molar-refractivity contribution < 1.29 is 9.59 Å². The molecule has 1 aliphatic heterocycles. The molecule has 1 aliphatic rings. The number of rotatable bonds is 9. The lowest BCUT2D eigenvalue weighted by Gasteiger charge is -2.31. The lowest BCUT2D eigenvalue weighted by molar-refractivity contribution is -0.124. The third kappa shape index (κ3) is 6.17. The Balaban J connectivity index is 1.29. The maximum atomic E-state index is 13.6. The number of benzene rings is 3. The molecular formula is C34H38N4O2. The summed E-state index contributed by atoms with van der Waals surface area (Å²) in [5.41, 5.74) is 3.72. The van der Waals surface area contributed by atoms with Crippen molar-refractivity contribution in [2.45, 2.75) is 58.2 Å². The van der Waals surface area contributed by atoms with E-state index in [2.05, 4.69) is 65.6 Å². The van der Waals surface area contributed by atoms with Gasteiger partial charge in [-0.2, -0.15) is 0 Å². The molecule has 1 unspecified atom stereocenters. The minimum Gasteiger partial charge on any atom is -0.366 e. The zero-order valence-electron chi connectivity index (χ0n) is 23.5. The van der Waals surface area contributed by atoms with Gasteiger partial charge in [0, 0.05) is 35.6 Å². The SMILES string of the molecule is CCC1[C@@H](NC(=O)[C@H](CC(C)C)NC(=O)c2ccc3ccccc3c2)CCN1c1cccc(-c2ccccn2)c1. The van der Waals surface area contributed by atoms with Crippen LogP contribution in [0, 0.1) is 5.92 Å². The van der Waals surface area contributed by atoms with Gasteiger partial charge in [0.05, 0.1) is 11.7 Å². The first-order valence-electron chi connectivity index (χ1n) is 14.3. The fourth-order valence-corrected chi connectivity index (χ4v) is 5.78. The van der Waals surface area contributed by atoms with Gasteiger partial charge in [-0.05, 0) is 72.4 Å². The van der Waals surface area contributed by atoms with Crippen LogP contribution < -0.4 is 15.5 Å². The molecule has 6 nitrogen and oxygen atoms in total. The molecule has 1 aromatic heterocycles. The van der Waals surface area contributed by atoms with Crippen LogP contribution >= 0.6 is 0 Å². The van der Waals surface area contributed by atoms with Crippen LogP contribution in [-0.4, -0.2) is 41.5 Å². The second-order valence-corrected chi connectivity index (χ2v) is 11.1. The van der Waals surface area contributed by atoms with E-state index in [-0.39, 0.29) is 29.8 Å². The number of nitrogens with one attached hydrogen (secondary N) is 2. The summed E-state index contributed by atoms with van der Waals surface area (Å²) in [6, 6.07) is 27.6. The zero-order valence-corrected chi connectivity index (χ0v) is 23.5. The van der Waals surface area contributed by atoms with E-state index >= 15 is 0 Å². The van der Waals surface area contributed by atoms with Crippen molar-refractivity contribution in [3.05, 3.63) is 96.7 Å². The van der Waals surface area contributed by atoms with Gasteiger partial charge in [0.15, 0.2) is 0 Å². The number of nitrogens with zero attached hydrogens (tertiary/aromatic N) is 2. The van der Waals surface area contributed by atoms with Gasteiger partial charge in [0.25, 0.3) is 5.91 Å². The van der Waals surface area contributed by atoms with Crippen LogP contribution in [0.1, 0.15) is 50.4 Å². The largest absolute Gasteiger partial charge is 0.366 e. The van der Waals surface area contributed by atoms with E-state index in [1.54, 1.807) is 0 Å². The molecule has 40 heavy (non-hydrogen) atoms. The molecule has 5 rings (SSSR count). The Morgan fingerprint density at radius 3 is 2.50 bits per heavy atom. The molecule has 1 fully saturated rings. The van der Waals surface area contributed by atoms with Crippen LogP contribution in [0.2, 0.25) is 0 Å². The number of carbonyl (C=O) groups excluding carboxylic acids is 2. The molecule has 0 bridgehead atoms. The Morgan fingerprint density at radius 1 is 0.950 bits per heavy atom. The first-order valence-corrected chi connectivity index (χ1v) is 14.3. The Hall–Kier alpha value is -4.19. The number of amides is 2. The van der Waals surface area contributed by atoms with Gasteiger partial charge < -0.3 is 15.5 Å². The molecule has 0 spiro atoms. The van der Waals surface area contributed by atoms with E-state index in [4.69, 9.17) is 0 Å². The average molecular weight is 535 g/mol. The summed E-state index contributed by atoms with van der Waals surface area (Å²) in [6.45, 7) is 7.16. The molecule has 0 saturated carbocycles. The third-order valence-corrected chi connectivity index (χ3v) is 7.77. The van der Waals surface area contributed by atoms with Crippen molar-refractivity contribution in [1.82, 2.24) is 15.6 Å². The predicted octanol–water partition coefficient (Wildman–Crippen LogP) is 6.22. The highest BCUT2D eigenvalue weighted by molar-refractivity contribution is 6.00. The van der Waals surface area contributed by atoms with Gasteiger partial charge in [-0.25, -0.2) is 0 Å². The van der Waals surface area contributed by atoms with Gasteiger partial charge in [-0.1, -0.05) is 69.3 Å². The Labute approximate surface area is 236 Å². The predicted molar refractivity (Wildman–Crippen MR) is 162 cm³/mol. The van der Waals surface area contributed by atoms with E-state index in [0.29, 0.717) is 12.0 Å². The number of pyridine rings is 1. The lowest BCUT2D eigenvalue weighted by atomic mass is 10.00. The van der Waals surface area contributed by atoms with Crippen molar-refractivity contribution >= 4 is 28.3 Å². The highest BCUT2D eigenvalue weighted by Gasteiger charge is 2.35. The summed E-state index contributed by atoms with van der Waals surface area (Å²) < 4.78 is 0. The van der Waals surface area contributed by atoms with Crippen LogP contribution in [0.3, 0.4) is 0 Å². The van der Waals surface area contributed by atoms with Crippen LogP contribution in [-0.2, 0) is 4.79 Å². The van der Waals surface area contributed by atoms with Gasteiger partial charge >= 0.3 is 0 Å². The second kappa shape index (κ2) is 12.3. The maximum absolute atomic E-state index is 13.6. The van der Waals surface area contributed by atoms with Crippen LogP contribution in [0.5, 0.6) is 0 Å². The minimum absolute atomic E-state index is 0.00300. The van der Waals surface area contributed by atoms with Crippen molar-refractivity contribution in [1.29, 1.82) is 0 Å². The Morgan fingerprint density at radius 2 is 1.75 bits per heavy atom. The summed E-state index contributed by atoms with van der Waals surface area (Å²) in [7, 11) is 0. The van der Waals surface area contributed by atoms with Crippen molar-refractivity contribution in [3.63, 3.8) is 0 Å². The standard InChI is InChI=1S/C34H38N4O2/c1-4-32-30(17-19-38(32)28-13-9-12-26(22-28)29-14-7-8-18-35-29)36-34(40)31(20-23(2)3)37-33(39)27-16-15-24-10-5-6-11-25(24)21-27/h5-16,18,21-23,30-32H,4,17,19-20H2,1-3H3,(H,36,40)(H,37,39)/t30-,31-,32?/m0/s1. The third-order valence-electron chi connectivity index (χ3n) is 7.77. The molecule has 0 radical (unpaired) electrons. The molecule has 2 heterocycles. The molecule has 2 amide bonds. The second-order valence-electron chi connectivity index (χ2n) is 11.1. The Bertz CT molecular complexity index is 1470. The summed E-state index contributed by atoms with van der Waals surface area (Å²) in [5.74, 6) is -0.0857. The highest BCUT2D eigenvalue weighted by Crippen LogP contribution is 2.31. The molecule has 2 N–H and O–H groups in total. The first-order chi connectivity index (χ1) is 19.4.